The SMILES string of the molecule is CC1CCCN(c2ncc3c(n2)[C@H]2CN(c4ncccn4)C[C@H]2S(=O)(=O)C3)C1. The van der Waals surface area contributed by atoms with Crippen molar-refractivity contribution in [3.8, 4) is 0 Å². The van der Waals surface area contributed by atoms with Crippen molar-refractivity contribution in [3.05, 3.63) is 35.9 Å². The number of hydrogen-bond donors (Lipinski definition) is 0. The van der Waals surface area contributed by atoms with Crippen LogP contribution in [0.2, 0.25) is 0 Å². The number of rotatable bonds is 2. The normalized spacial score (nSPS) is 28.7. The van der Waals surface area contributed by atoms with Gasteiger partial charge in [0.05, 0.1) is 16.7 Å². The van der Waals surface area contributed by atoms with Crippen LogP contribution in [0.25, 0.3) is 0 Å². The van der Waals surface area contributed by atoms with Gasteiger partial charge in [-0.15, -0.1) is 0 Å². The van der Waals surface area contributed by atoms with Crippen LogP contribution in [-0.4, -0.2) is 59.8 Å². The van der Waals surface area contributed by atoms with E-state index < -0.39 is 15.1 Å². The van der Waals surface area contributed by atoms with Crippen molar-refractivity contribution in [2.24, 2.45) is 5.92 Å². The van der Waals surface area contributed by atoms with Crippen molar-refractivity contribution in [3.63, 3.8) is 0 Å². The van der Waals surface area contributed by atoms with Gasteiger partial charge in [-0.05, 0) is 24.8 Å². The lowest BCUT2D eigenvalue weighted by Crippen LogP contribution is -2.38. The molecule has 2 fully saturated rings. The lowest BCUT2D eigenvalue weighted by molar-refractivity contribution is 0.441. The maximum Gasteiger partial charge on any atom is 0.225 e. The van der Waals surface area contributed by atoms with Gasteiger partial charge in [0.2, 0.25) is 11.9 Å². The molecule has 148 valence electrons. The number of aromatic nitrogens is 4. The van der Waals surface area contributed by atoms with Crippen LogP contribution in [0, 0.1) is 5.92 Å². The Bertz CT molecular complexity index is 983. The van der Waals surface area contributed by atoms with Gasteiger partial charge >= 0.3 is 0 Å². The van der Waals surface area contributed by atoms with Gasteiger partial charge in [-0.25, -0.2) is 28.4 Å². The summed E-state index contributed by atoms with van der Waals surface area (Å²) < 4.78 is 25.8. The summed E-state index contributed by atoms with van der Waals surface area (Å²) in [6, 6.07) is 1.76. The van der Waals surface area contributed by atoms with Gasteiger partial charge in [0.1, 0.15) is 0 Å². The fourth-order valence-electron chi connectivity index (χ4n) is 4.71. The Kier molecular flexibility index (Phi) is 4.22. The maximum absolute atomic E-state index is 12.9. The van der Waals surface area contributed by atoms with Crippen LogP contribution in [0.1, 0.15) is 36.9 Å². The summed E-state index contributed by atoms with van der Waals surface area (Å²) in [7, 11) is -3.25. The Hall–Kier alpha value is -2.29. The van der Waals surface area contributed by atoms with E-state index in [9.17, 15) is 8.42 Å². The number of fused-ring (bicyclic) bond motifs is 3. The molecule has 0 bridgehead atoms. The monoisotopic (exact) mass is 400 g/mol. The number of sulfone groups is 1. The molecule has 3 aliphatic heterocycles. The average Bonchev–Trinajstić information content (AvgIpc) is 3.15. The van der Waals surface area contributed by atoms with Crippen molar-refractivity contribution in [1.82, 2.24) is 19.9 Å². The lowest BCUT2D eigenvalue weighted by Gasteiger charge is -2.32. The van der Waals surface area contributed by atoms with E-state index in [-0.39, 0.29) is 11.7 Å². The highest BCUT2D eigenvalue weighted by molar-refractivity contribution is 7.91. The van der Waals surface area contributed by atoms with Gasteiger partial charge in [-0.3, -0.25) is 0 Å². The number of nitrogens with zero attached hydrogens (tertiary/aromatic N) is 6. The molecule has 0 spiro atoms. The smallest absolute Gasteiger partial charge is 0.225 e. The third-order valence-corrected chi connectivity index (χ3v) is 8.21. The fraction of sp³-hybridized carbons (Fsp3) is 0.579. The molecule has 3 atom stereocenters. The van der Waals surface area contributed by atoms with Crippen LogP contribution >= 0.6 is 0 Å². The fourth-order valence-corrected chi connectivity index (χ4v) is 6.70. The van der Waals surface area contributed by atoms with E-state index in [0.717, 1.165) is 36.7 Å². The zero-order chi connectivity index (χ0) is 19.3. The van der Waals surface area contributed by atoms with Crippen LogP contribution in [0.15, 0.2) is 24.7 Å². The van der Waals surface area contributed by atoms with Crippen molar-refractivity contribution >= 4 is 21.7 Å². The summed E-state index contributed by atoms with van der Waals surface area (Å²) in [5, 5.41) is -0.466. The van der Waals surface area contributed by atoms with Crippen molar-refractivity contribution < 1.29 is 8.42 Å². The number of hydrogen-bond acceptors (Lipinski definition) is 8. The number of anilines is 2. The second kappa shape index (κ2) is 6.65. The molecule has 5 rings (SSSR count). The minimum Gasteiger partial charge on any atom is -0.341 e. The Morgan fingerprint density at radius 2 is 1.86 bits per heavy atom. The summed E-state index contributed by atoms with van der Waals surface area (Å²) >= 11 is 0. The van der Waals surface area contributed by atoms with E-state index in [1.54, 1.807) is 24.7 Å². The topological polar surface area (TPSA) is 92.2 Å². The minimum atomic E-state index is -3.25. The van der Waals surface area contributed by atoms with Gasteiger partial charge in [0.15, 0.2) is 9.84 Å². The Morgan fingerprint density at radius 1 is 1.04 bits per heavy atom. The van der Waals surface area contributed by atoms with Gasteiger partial charge in [-0.1, -0.05) is 6.92 Å². The first kappa shape index (κ1) is 17.8. The summed E-state index contributed by atoms with van der Waals surface area (Å²) in [5.41, 5.74) is 1.63. The molecular formula is C19H24N6O2S. The zero-order valence-corrected chi connectivity index (χ0v) is 16.7. The van der Waals surface area contributed by atoms with E-state index in [2.05, 4.69) is 26.8 Å². The Labute approximate surface area is 165 Å². The van der Waals surface area contributed by atoms with Crippen LogP contribution < -0.4 is 9.80 Å². The minimum absolute atomic E-state index is 0.0175. The van der Waals surface area contributed by atoms with Gasteiger partial charge in [-0.2, -0.15) is 0 Å². The Balaban J connectivity index is 1.50. The predicted molar refractivity (Wildman–Crippen MR) is 106 cm³/mol. The van der Waals surface area contributed by atoms with Crippen LogP contribution in [0.4, 0.5) is 11.9 Å². The molecule has 1 unspecified atom stereocenters. The quantitative estimate of drug-likeness (QED) is 0.747. The summed E-state index contributed by atoms with van der Waals surface area (Å²) in [6.07, 6.45) is 7.47. The van der Waals surface area contributed by atoms with Crippen LogP contribution in [0.3, 0.4) is 0 Å². The third kappa shape index (κ3) is 3.01. The average molecular weight is 401 g/mol. The standard InChI is InChI=1S/C19H24N6O2S/c1-13-4-2-7-24(9-13)19-22-8-14-12-28(26,27)16-11-25(10-15(16)17(14)23-19)18-20-5-3-6-21-18/h3,5-6,8,13,15-16H,2,4,7,9-12H2,1H3/t13?,15-,16+/m0/s1. The summed E-state index contributed by atoms with van der Waals surface area (Å²) in [5.74, 6) is 1.79. The predicted octanol–water partition coefficient (Wildman–Crippen LogP) is 1.40. The highest BCUT2D eigenvalue weighted by atomic mass is 32.2. The largest absolute Gasteiger partial charge is 0.341 e. The third-order valence-electron chi connectivity index (χ3n) is 6.10. The van der Waals surface area contributed by atoms with E-state index >= 15 is 0 Å². The van der Waals surface area contributed by atoms with E-state index in [1.807, 2.05) is 4.90 Å². The molecule has 3 aliphatic rings. The summed E-state index contributed by atoms with van der Waals surface area (Å²) in [4.78, 5) is 22.2. The highest BCUT2D eigenvalue weighted by Gasteiger charge is 2.48. The van der Waals surface area contributed by atoms with Crippen molar-refractivity contribution in [1.29, 1.82) is 0 Å². The molecule has 5 heterocycles. The van der Waals surface area contributed by atoms with Crippen LogP contribution in [-0.2, 0) is 15.6 Å². The Morgan fingerprint density at radius 3 is 2.64 bits per heavy atom. The lowest BCUT2D eigenvalue weighted by atomic mass is 9.99. The molecule has 2 aromatic heterocycles. The molecule has 28 heavy (non-hydrogen) atoms. The molecule has 0 aliphatic carbocycles. The van der Waals surface area contributed by atoms with Crippen molar-refractivity contribution in [2.45, 2.75) is 36.7 Å². The second-order valence-electron chi connectivity index (χ2n) is 8.18. The van der Waals surface area contributed by atoms with Gasteiger partial charge < -0.3 is 9.80 Å². The van der Waals surface area contributed by atoms with E-state index in [1.165, 1.54) is 6.42 Å². The van der Waals surface area contributed by atoms with Gasteiger partial charge in [0.25, 0.3) is 0 Å². The van der Waals surface area contributed by atoms with Crippen LogP contribution in [0.5, 0.6) is 0 Å². The highest BCUT2D eigenvalue weighted by Crippen LogP contribution is 2.40. The van der Waals surface area contributed by atoms with Gasteiger partial charge in [0, 0.05) is 56.3 Å². The number of piperidine rings is 1. The molecule has 8 nitrogen and oxygen atoms in total. The molecule has 0 amide bonds. The molecule has 0 aromatic carbocycles. The van der Waals surface area contributed by atoms with Crippen molar-refractivity contribution in [2.75, 3.05) is 36.0 Å². The first-order valence-electron chi connectivity index (χ1n) is 9.85. The first-order chi connectivity index (χ1) is 13.5. The van der Waals surface area contributed by atoms with E-state index in [0.29, 0.717) is 25.0 Å². The first-order valence-corrected chi connectivity index (χ1v) is 11.6. The molecule has 2 aromatic rings. The molecule has 0 N–H and O–H groups in total. The zero-order valence-electron chi connectivity index (χ0n) is 15.9. The second-order valence-corrected chi connectivity index (χ2v) is 10.4. The molecule has 0 saturated carbocycles. The summed E-state index contributed by atoms with van der Waals surface area (Å²) in [6.45, 7) is 5.14. The maximum atomic E-state index is 12.9. The molecule has 2 saturated heterocycles. The molecular weight excluding hydrogens is 376 g/mol. The molecule has 9 heteroatoms. The van der Waals surface area contributed by atoms with E-state index in [4.69, 9.17) is 4.98 Å². The molecule has 0 radical (unpaired) electrons.